The van der Waals surface area contributed by atoms with Crippen LogP contribution in [0.3, 0.4) is 0 Å². The van der Waals surface area contributed by atoms with E-state index in [1.807, 2.05) is 12.1 Å². The van der Waals surface area contributed by atoms with Crippen LogP contribution in [0, 0.1) is 5.92 Å². The lowest BCUT2D eigenvalue weighted by Crippen LogP contribution is -2.42. The molecule has 1 aromatic carbocycles. The largest absolute Gasteiger partial charge is 0.316 e. The van der Waals surface area contributed by atoms with Crippen molar-refractivity contribution in [3.8, 4) is 0 Å². The van der Waals surface area contributed by atoms with E-state index in [0.29, 0.717) is 17.1 Å². The van der Waals surface area contributed by atoms with Gasteiger partial charge in [-0.2, -0.15) is 0 Å². The first-order chi connectivity index (χ1) is 9.99. The van der Waals surface area contributed by atoms with Gasteiger partial charge in [0.15, 0.2) is 0 Å². The molecule has 1 aliphatic heterocycles. The zero-order chi connectivity index (χ0) is 15.4. The van der Waals surface area contributed by atoms with Gasteiger partial charge in [-0.05, 0) is 70.3 Å². The molecule has 0 aromatic heterocycles. The molecule has 0 bridgehead atoms. The molecule has 2 nitrogen and oxygen atoms in total. The lowest BCUT2D eigenvalue weighted by atomic mass is 9.96. The molecule has 0 amide bonds. The average molecular weight is 329 g/mol. The summed E-state index contributed by atoms with van der Waals surface area (Å²) in [5, 5.41) is 4.97. The van der Waals surface area contributed by atoms with E-state index in [9.17, 15) is 0 Å². The molecular formula is C17H26Cl2N2. The molecule has 2 atom stereocenters. The zero-order valence-corrected chi connectivity index (χ0v) is 14.7. The third-order valence-electron chi connectivity index (χ3n) is 4.44. The highest BCUT2D eigenvalue weighted by atomic mass is 35.5. The second-order valence-electron chi connectivity index (χ2n) is 6.34. The minimum absolute atomic E-state index is 0.302. The van der Waals surface area contributed by atoms with Crippen LogP contribution in [-0.4, -0.2) is 30.6 Å². The van der Waals surface area contributed by atoms with Gasteiger partial charge in [0.05, 0.1) is 0 Å². The predicted molar refractivity (Wildman–Crippen MR) is 92.3 cm³/mol. The number of hydrogen-bond donors (Lipinski definition) is 1. The van der Waals surface area contributed by atoms with Crippen molar-refractivity contribution >= 4 is 23.2 Å². The zero-order valence-electron chi connectivity index (χ0n) is 13.2. The summed E-state index contributed by atoms with van der Waals surface area (Å²) in [6.07, 6.45) is 2.60. The minimum atomic E-state index is 0.302. The van der Waals surface area contributed by atoms with E-state index in [-0.39, 0.29) is 0 Å². The van der Waals surface area contributed by atoms with Gasteiger partial charge in [0.25, 0.3) is 0 Å². The van der Waals surface area contributed by atoms with Gasteiger partial charge >= 0.3 is 0 Å². The predicted octanol–water partition coefficient (Wildman–Crippen LogP) is 4.76. The number of nitrogens with zero attached hydrogens (tertiary/aromatic N) is 1. The number of rotatable bonds is 5. The number of hydrogen-bond acceptors (Lipinski definition) is 2. The Bertz CT molecular complexity index is 456. The molecule has 2 unspecified atom stereocenters. The molecular weight excluding hydrogens is 303 g/mol. The van der Waals surface area contributed by atoms with Crippen LogP contribution >= 0.6 is 23.2 Å². The fraction of sp³-hybridized carbons (Fsp3) is 0.647. The molecule has 1 saturated heterocycles. The van der Waals surface area contributed by atoms with Crippen molar-refractivity contribution in [3.05, 3.63) is 33.8 Å². The molecule has 1 aliphatic rings. The second-order valence-corrected chi connectivity index (χ2v) is 7.19. The molecule has 0 spiro atoms. The van der Waals surface area contributed by atoms with Gasteiger partial charge in [-0.1, -0.05) is 29.3 Å². The second kappa shape index (κ2) is 7.82. The lowest BCUT2D eigenvalue weighted by molar-refractivity contribution is 0.127. The summed E-state index contributed by atoms with van der Waals surface area (Å²) < 4.78 is 0. The molecule has 4 heteroatoms. The van der Waals surface area contributed by atoms with Crippen molar-refractivity contribution in [1.29, 1.82) is 0 Å². The van der Waals surface area contributed by atoms with Crippen LogP contribution in [0.25, 0.3) is 0 Å². The van der Waals surface area contributed by atoms with E-state index < -0.39 is 0 Å². The Balaban J connectivity index is 2.12. The molecule has 118 valence electrons. The van der Waals surface area contributed by atoms with Gasteiger partial charge in [0, 0.05) is 28.7 Å². The molecule has 0 saturated carbocycles. The first kappa shape index (κ1) is 17.1. The van der Waals surface area contributed by atoms with Crippen LogP contribution < -0.4 is 5.32 Å². The molecule has 0 aliphatic carbocycles. The minimum Gasteiger partial charge on any atom is -0.316 e. The Kier molecular flexibility index (Phi) is 6.36. The molecule has 21 heavy (non-hydrogen) atoms. The lowest BCUT2D eigenvalue weighted by Gasteiger charge is -2.37. The van der Waals surface area contributed by atoms with Gasteiger partial charge < -0.3 is 5.32 Å². The first-order valence-electron chi connectivity index (χ1n) is 7.90. The summed E-state index contributed by atoms with van der Waals surface area (Å²) in [4.78, 5) is 2.55. The number of benzene rings is 1. The monoisotopic (exact) mass is 328 g/mol. The highest BCUT2D eigenvalue weighted by Gasteiger charge is 2.24. The quantitative estimate of drug-likeness (QED) is 0.837. The van der Waals surface area contributed by atoms with Crippen molar-refractivity contribution in [2.75, 3.05) is 19.6 Å². The Morgan fingerprint density at radius 2 is 2.05 bits per heavy atom. The van der Waals surface area contributed by atoms with Crippen LogP contribution in [-0.2, 0) is 0 Å². The number of nitrogens with one attached hydrogen (secondary N) is 1. The smallest absolute Gasteiger partial charge is 0.0468 e. The van der Waals surface area contributed by atoms with E-state index >= 15 is 0 Å². The van der Waals surface area contributed by atoms with Crippen LogP contribution in [0.4, 0.5) is 0 Å². The van der Waals surface area contributed by atoms with Gasteiger partial charge in [-0.25, -0.2) is 0 Å². The molecule has 1 fully saturated rings. The summed E-state index contributed by atoms with van der Waals surface area (Å²) >= 11 is 12.4. The summed E-state index contributed by atoms with van der Waals surface area (Å²) in [6.45, 7) is 10.2. The maximum atomic E-state index is 6.39. The Hall–Kier alpha value is -0.280. The van der Waals surface area contributed by atoms with Crippen molar-refractivity contribution in [2.45, 2.75) is 45.7 Å². The van der Waals surface area contributed by atoms with Gasteiger partial charge in [-0.15, -0.1) is 0 Å². The van der Waals surface area contributed by atoms with Crippen LogP contribution in [0.1, 0.15) is 45.2 Å². The Labute approximate surface area is 138 Å². The van der Waals surface area contributed by atoms with Crippen molar-refractivity contribution < 1.29 is 0 Å². The maximum absolute atomic E-state index is 6.39. The van der Waals surface area contributed by atoms with Crippen molar-refractivity contribution in [3.63, 3.8) is 0 Å². The van der Waals surface area contributed by atoms with Gasteiger partial charge in [0.2, 0.25) is 0 Å². The molecule has 2 rings (SSSR count). The van der Waals surface area contributed by atoms with Crippen LogP contribution in [0.15, 0.2) is 18.2 Å². The topological polar surface area (TPSA) is 15.3 Å². The highest BCUT2D eigenvalue weighted by Crippen LogP contribution is 2.31. The van der Waals surface area contributed by atoms with E-state index in [4.69, 9.17) is 23.2 Å². The molecule has 1 aromatic rings. The number of piperidine rings is 1. The summed E-state index contributed by atoms with van der Waals surface area (Å²) in [6, 6.07) is 6.63. The average Bonchev–Trinajstić information content (AvgIpc) is 2.45. The normalized spacial score (nSPS) is 21.0. The van der Waals surface area contributed by atoms with Crippen molar-refractivity contribution in [2.24, 2.45) is 5.92 Å². The maximum Gasteiger partial charge on any atom is 0.0468 e. The SMILES string of the molecule is CC(C)N(CC1CCCNC1)C(C)c1ccc(Cl)cc1Cl. The van der Waals surface area contributed by atoms with E-state index in [1.165, 1.54) is 18.4 Å². The summed E-state index contributed by atoms with van der Waals surface area (Å²) in [7, 11) is 0. The standard InChI is InChI=1S/C17H26Cl2N2/c1-12(2)21(11-14-5-4-8-20-10-14)13(3)16-7-6-15(18)9-17(16)19/h6-7,9,12-14,20H,4-5,8,10-11H2,1-3H3. The fourth-order valence-corrected chi connectivity index (χ4v) is 3.78. The summed E-state index contributed by atoms with van der Waals surface area (Å²) in [5.74, 6) is 0.731. The number of halogens is 2. The van der Waals surface area contributed by atoms with E-state index in [2.05, 4.69) is 37.1 Å². The Morgan fingerprint density at radius 3 is 2.62 bits per heavy atom. The van der Waals surface area contributed by atoms with Crippen molar-refractivity contribution in [1.82, 2.24) is 10.2 Å². The third-order valence-corrected chi connectivity index (χ3v) is 5.00. The van der Waals surface area contributed by atoms with E-state index in [1.54, 1.807) is 0 Å². The molecule has 0 radical (unpaired) electrons. The summed E-state index contributed by atoms with van der Waals surface area (Å²) in [5.41, 5.74) is 1.17. The van der Waals surface area contributed by atoms with Gasteiger partial charge in [-0.3, -0.25) is 4.90 Å². The highest BCUT2D eigenvalue weighted by molar-refractivity contribution is 6.35. The Morgan fingerprint density at radius 1 is 1.29 bits per heavy atom. The molecule has 1 heterocycles. The van der Waals surface area contributed by atoms with Gasteiger partial charge in [0.1, 0.15) is 0 Å². The molecule has 1 N–H and O–H groups in total. The van der Waals surface area contributed by atoms with Crippen LogP contribution in [0.5, 0.6) is 0 Å². The third kappa shape index (κ3) is 4.59. The van der Waals surface area contributed by atoms with E-state index in [0.717, 1.165) is 30.6 Å². The first-order valence-corrected chi connectivity index (χ1v) is 8.66. The fourth-order valence-electron chi connectivity index (χ4n) is 3.21. The van der Waals surface area contributed by atoms with Crippen LogP contribution in [0.2, 0.25) is 10.0 Å².